The third-order valence-corrected chi connectivity index (χ3v) is 4.90. The number of aryl methyl sites for hydroxylation is 1. The molecule has 26 heavy (non-hydrogen) atoms. The summed E-state index contributed by atoms with van der Waals surface area (Å²) in [6.45, 7) is 3.24. The maximum Gasteiger partial charge on any atom is 0.222 e. The highest BCUT2D eigenvalue weighted by atomic mass is 16.2. The van der Waals surface area contributed by atoms with Gasteiger partial charge in [-0.15, -0.1) is 0 Å². The Morgan fingerprint density at radius 1 is 1.23 bits per heavy atom. The van der Waals surface area contributed by atoms with Crippen LogP contribution < -0.4 is 5.32 Å². The Labute approximate surface area is 154 Å². The molecule has 0 saturated heterocycles. The van der Waals surface area contributed by atoms with Crippen molar-refractivity contribution in [1.29, 1.82) is 0 Å². The predicted octanol–water partition coefficient (Wildman–Crippen LogP) is 1.96. The third-order valence-electron chi connectivity index (χ3n) is 4.90. The van der Waals surface area contributed by atoms with E-state index < -0.39 is 0 Å². The number of amides is 2. The fourth-order valence-electron chi connectivity index (χ4n) is 3.36. The third kappa shape index (κ3) is 4.31. The highest BCUT2D eigenvalue weighted by Gasteiger charge is 2.25. The summed E-state index contributed by atoms with van der Waals surface area (Å²) < 4.78 is 2.01. The minimum Gasteiger partial charge on any atom is -0.349 e. The molecule has 1 aliphatic rings. The molecular weight excluding hydrogens is 328 g/mol. The van der Waals surface area contributed by atoms with Gasteiger partial charge in [0.2, 0.25) is 11.8 Å². The van der Waals surface area contributed by atoms with Crippen molar-refractivity contribution in [2.24, 2.45) is 7.05 Å². The monoisotopic (exact) mass is 354 g/mol. The topological polar surface area (TPSA) is 67.2 Å². The highest BCUT2D eigenvalue weighted by Crippen LogP contribution is 2.20. The Hall–Kier alpha value is -2.63. The lowest BCUT2D eigenvalue weighted by Crippen LogP contribution is -2.36. The quantitative estimate of drug-likeness (QED) is 0.862. The number of nitrogens with zero attached hydrogens (tertiary/aromatic N) is 3. The number of rotatable bonds is 6. The van der Waals surface area contributed by atoms with Crippen LogP contribution >= 0.6 is 0 Å². The zero-order valence-electron chi connectivity index (χ0n) is 15.5. The van der Waals surface area contributed by atoms with Crippen LogP contribution in [-0.2, 0) is 42.6 Å². The predicted molar refractivity (Wildman–Crippen MR) is 99.2 cm³/mol. The summed E-state index contributed by atoms with van der Waals surface area (Å²) >= 11 is 0. The lowest BCUT2D eigenvalue weighted by molar-refractivity contribution is -0.132. The zero-order valence-corrected chi connectivity index (χ0v) is 15.5. The highest BCUT2D eigenvalue weighted by molar-refractivity contribution is 5.76. The van der Waals surface area contributed by atoms with Crippen LogP contribution in [0.5, 0.6) is 0 Å². The van der Waals surface area contributed by atoms with E-state index in [0.717, 1.165) is 36.5 Å². The number of fused-ring (bicyclic) bond motifs is 1. The second kappa shape index (κ2) is 8.17. The lowest BCUT2D eigenvalue weighted by atomic mass is 10.1. The van der Waals surface area contributed by atoms with E-state index >= 15 is 0 Å². The number of hydrogen-bond acceptors (Lipinski definition) is 3. The number of carbonyl (C=O) groups excluding carboxylic acids is 2. The molecule has 2 aromatic rings. The van der Waals surface area contributed by atoms with Crippen LogP contribution in [0.2, 0.25) is 0 Å². The Morgan fingerprint density at radius 3 is 2.73 bits per heavy atom. The van der Waals surface area contributed by atoms with Gasteiger partial charge in [-0.05, 0) is 18.4 Å². The first-order valence-electron chi connectivity index (χ1n) is 9.14. The molecule has 3 rings (SSSR count). The SMILES string of the molecule is CC(=O)NCc1nc2c(n1C)CN(C(=O)CCCc1ccccc1)CC2. The summed E-state index contributed by atoms with van der Waals surface area (Å²) in [5, 5.41) is 2.79. The normalized spacial score (nSPS) is 13.4. The summed E-state index contributed by atoms with van der Waals surface area (Å²) in [5.74, 6) is 0.973. The number of nitrogens with one attached hydrogen (secondary N) is 1. The van der Waals surface area contributed by atoms with Crippen molar-refractivity contribution in [3.63, 3.8) is 0 Å². The first kappa shape index (κ1) is 18.2. The molecule has 0 fully saturated rings. The van der Waals surface area contributed by atoms with Crippen molar-refractivity contribution in [2.45, 2.75) is 45.7 Å². The molecular formula is C20H26N4O2. The Bertz CT molecular complexity index is 783. The standard InChI is InChI=1S/C20H26N4O2/c1-15(25)21-13-19-22-17-11-12-24(14-18(17)23(19)2)20(26)10-6-9-16-7-4-3-5-8-16/h3-5,7-8H,6,9-14H2,1-2H3,(H,21,25). The summed E-state index contributed by atoms with van der Waals surface area (Å²) in [7, 11) is 1.95. The van der Waals surface area contributed by atoms with Gasteiger partial charge in [-0.25, -0.2) is 4.98 Å². The van der Waals surface area contributed by atoms with Crippen LogP contribution in [0.25, 0.3) is 0 Å². The first-order chi connectivity index (χ1) is 12.5. The summed E-state index contributed by atoms with van der Waals surface area (Å²) in [4.78, 5) is 30.2. The van der Waals surface area contributed by atoms with Crippen molar-refractivity contribution in [3.8, 4) is 0 Å². The van der Waals surface area contributed by atoms with Gasteiger partial charge in [0, 0.05) is 33.4 Å². The maximum absolute atomic E-state index is 12.6. The van der Waals surface area contributed by atoms with Crippen LogP contribution in [0, 0.1) is 0 Å². The van der Waals surface area contributed by atoms with Crippen molar-refractivity contribution in [2.75, 3.05) is 6.54 Å². The van der Waals surface area contributed by atoms with Gasteiger partial charge >= 0.3 is 0 Å². The van der Waals surface area contributed by atoms with E-state index in [2.05, 4.69) is 22.4 Å². The molecule has 138 valence electrons. The number of hydrogen-bond donors (Lipinski definition) is 1. The average molecular weight is 354 g/mol. The molecule has 6 nitrogen and oxygen atoms in total. The van der Waals surface area contributed by atoms with Crippen LogP contribution in [-0.4, -0.2) is 32.8 Å². The van der Waals surface area contributed by atoms with E-state index in [4.69, 9.17) is 0 Å². The number of aromatic nitrogens is 2. The van der Waals surface area contributed by atoms with Crippen LogP contribution in [0.15, 0.2) is 30.3 Å². The van der Waals surface area contributed by atoms with E-state index in [-0.39, 0.29) is 11.8 Å². The van der Waals surface area contributed by atoms with Gasteiger partial charge in [0.25, 0.3) is 0 Å². The van der Waals surface area contributed by atoms with Gasteiger partial charge in [-0.2, -0.15) is 0 Å². The molecule has 1 N–H and O–H groups in total. The van der Waals surface area contributed by atoms with Gasteiger partial charge in [-0.3, -0.25) is 9.59 Å². The van der Waals surface area contributed by atoms with E-state index in [1.165, 1.54) is 12.5 Å². The van der Waals surface area contributed by atoms with Crippen LogP contribution in [0.1, 0.15) is 42.5 Å². The van der Waals surface area contributed by atoms with Crippen molar-refractivity contribution < 1.29 is 9.59 Å². The Balaban J connectivity index is 1.55. The van der Waals surface area contributed by atoms with E-state index in [0.29, 0.717) is 26.1 Å². The maximum atomic E-state index is 12.6. The van der Waals surface area contributed by atoms with Gasteiger partial charge in [0.05, 0.1) is 24.5 Å². The number of carbonyl (C=O) groups is 2. The molecule has 6 heteroatoms. The fraction of sp³-hybridized carbons (Fsp3) is 0.450. The van der Waals surface area contributed by atoms with Crippen molar-refractivity contribution in [3.05, 3.63) is 53.1 Å². The zero-order chi connectivity index (χ0) is 18.5. The summed E-state index contributed by atoms with van der Waals surface area (Å²) in [6, 6.07) is 10.3. The summed E-state index contributed by atoms with van der Waals surface area (Å²) in [5.41, 5.74) is 3.39. The molecule has 0 atom stereocenters. The Kier molecular flexibility index (Phi) is 5.71. The lowest BCUT2D eigenvalue weighted by Gasteiger charge is -2.27. The van der Waals surface area contributed by atoms with Gasteiger partial charge < -0.3 is 14.8 Å². The molecule has 0 unspecified atom stereocenters. The van der Waals surface area contributed by atoms with E-state index in [1.807, 2.05) is 34.7 Å². The molecule has 0 bridgehead atoms. The van der Waals surface area contributed by atoms with Gasteiger partial charge in [-0.1, -0.05) is 30.3 Å². The molecule has 0 saturated carbocycles. The van der Waals surface area contributed by atoms with Crippen molar-refractivity contribution >= 4 is 11.8 Å². The molecule has 1 aromatic heterocycles. The second-order valence-corrected chi connectivity index (χ2v) is 6.79. The van der Waals surface area contributed by atoms with Gasteiger partial charge in [0.1, 0.15) is 5.82 Å². The number of benzene rings is 1. The largest absolute Gasteiger partial charge is 0.349 e. The molecule has 2 amide bonds. The van der Waals surface area contributed by atoms with Crippen molar-refractivity contribution in [1.82, 2.24) is 19.8 Å². The molecule has 1 aliphatic heterocycles. The van der Waals surface area contributed by atoms with Crippen LogP contribution in [0.4, 0.5) is 0 Å². The minimum absolute atomic E-state index is 0.0683. The van der Waals surface area contributed by atoms with Crippen LogP contribution in [0.3, 0.4) is 0 Å². The summed E-state index contributed by atoms with van der Waals surface area (Å²) in [6.07, 6.45) is 3.14. The molecule has 0 spiro atoms. The number of imidazole rings is 1. The molecule has 1 aromatic carbocycles. The van der Waals surface area contributed by atoms with E-state index in [9.17, 15) is 9.59 Å². The minimum atomic E-state index is -0.0683. The second-order valence-electron chi connectivity index (χ2n) is 6.79. The smallest absolute Gasteiger partial charge is 0.222 e. The molecule has 0 radical (unpaired) electrons. The van der Waals surface area contributed by atoms with E-state index in [1.54, 1.807) is 0 Å². The fourth-order valence-corrected chi connectivity index (χ4v) is 3.36. The average Bonchev–Trinajstić information content (AvgIpc) is 2.96. The molecule has 2 heterocycles. The van der Waals surface area contributed by atoms with Gasteiger partial charge in [0.15, 0.2) is 0 Å². The Morgan fingerprint density at radius 2 is 2.00 bits per heavy atom. The molecule has 0 aliphatic carbocycles. The first-order valence-corrected chi connectivity index (χ1v) is 9.14.